The summed E-state index contributed by atoms with van der Waals surface area (Å²) in [5.41, 5.74) is 3.40. The van der Waals surface area contributed by atoms with Crippen LogP contribution in [0.2, 0.25) is 0 Å². The van der Waals surface area contributed by atoms with Crippen molar-refractivity contribution < 1.29 is 24.2 Å². The molecule has 7 heteroatoms. The molecule has 2 atom stereocenters. The number of likely N-dealkylation sites (N-methyl/N-ethyl adjacent to an activating group) is 1. The van der Waals surface area contributed by atoms with Crippen LogP contribution in [0.1, 0.15) is 63.0 Å². The van der Waals surface area contributed by atoms with Crippen LogP contribution in [0, 0.1) is 5.92 Å². The lowest BCUT2D eigenvalue weighted by molar-refractivity contribution is -0.162. The number of carbonyl (C=O) groups excluding carboxylic acids is 2. The van der Waals surface area contributed by atoms with Gasteiger partial charge in [-0.25, -0.2) is 9.59 Å². The number of nitrogens with zero attached hydrogens (tertiary/aromatic N) is 1. The van der Waals surface area contributed by atoms with Crippen molar-refractivity contribution in [2.75, 3.05) is 13.7 Å². The molecular weight excluding hydrogens is 444 g/mol. The highest BCUT2D eigenvalue weighted by molar-refractivity contribution is 5.88. The molecule has 1 fully saturated rings. The lowest BCUT2D eigenvalue weighted by Crippen LogP contribution is -2.59. The van der Waals surface area contributed by atoms with Gasteiger partial charge in [0.05, 0.1) is 5.92 Å². The van der Waals surface area contributed by atoms with E-state index in [1.165, 1.54) is 4.90 Å². The number of carbonyl (C=O) groups is 3. The van der Waals surface area contributed by atoms with Crippen LogP contribution in [0.3, 0.4) is 0 Å². The average Bonchev–Trinajstić information content (AvgIpc) is 3.20. The van der Waals surface area contributed by atoms with Crippen LogP contribution in [0.5, 0.6) is 0 Å². The summed E-state index contributed by atoms with van der Waals surface area (Å²) in [7, 11) is 1.57. The van der Waals surface area contributed by atoms with E-state index in [2.05, 4.69) is 29.6 Å². The summed E-state index contributed by atoms with van der Waals surface area (Å²) in [6, 6.07) is 15.7. The quantitative estimate of drug-likeness (QED) is 0.596. The minimum atomic E-state index is -1.17. The number of fused-ring (bicyclic) bond motifs is 3. The number of aliphatic carboxylic acids is 1. The van der Waals surface area contributed by atoms with Gasteiger partial charge in [0, 0.05) is 19.0 Å². The van der Waals surface area contributed by atoms with Crippen LogP contribution in [-0.4, -0.2) is 53.2 Å². The molecule has 1 saturated carbocycles. The summed E-state index contributed by atoms with van der Waals surface area (Å²) in [4.78, 5) is 39.3. The molecule has 2 aliphatic rings. The summed E-state index contributed by atoms with van der Waals surface area (Å²) in [5, 5.41) is 12.7. The summed E-state index contributed by atoms with van der Waals surface area (Å²) < 4.78 is 5.61. The smallest absolute Gasteiger partial charge is 0.407 e. The molecule has 4 rings (SSSR count). The molecular formula is C28H34N2O5. The molecule has 2 aliphatic carbocycles. The predicted molar refractivity (Wildman–Crippen MR) is 133 cm³/mol. The van der Waals surface area contributed by atoms with E-state index in [1.807, 2.05) is 24.3 Å². The first-order valence-corrected chi connectivity index (χ1v) is 12.4. The molecule has 0 bridgehead atoms. The van der Waals surface area contributed by atoms with Crippen LogP contribution in [0.4, 0.5) is 4.79 Å². The molecule has 0 aromatic heterocycles. The van der Waals surface area contributed by atoms with Gasteiger partial charge in [-0.05, 0) is 42.0 Å². The van der Waals surface area contributed by atoms with Crippen molar-refractivity contribution in [1.82, 2.24) is 10.2 Å². The minimum absolute atomic E-state index is 0.0460. The molecule has 0 saturated heterocycles. The molecule has 2 N–H and O–H groups in total. The Bertz CT molecular complexity index is 1060. The van der Waals surface area contributed by atoms with Gasteiger partial charge in [0.25, 0.3) is 0 Å². The molecule has 2 amide bonds. The zero-order valence-electron chi connectivity index (χ0n) is 20.6. The molecule has 2 unspecified atom stereocenters. The van der Waals surface area contributed by atoms with E-state index in [0.29, 0.717) is 12.8 Å². The van der Waals surface area contributed by atoms with E-state index >= 15 is 0 Å². The summed E-state index contributed by atoms with van der Waals surface area (Å²) in [5.74, 6) is -1.90. The normalized spacial score (nSPS) is 18.0. The Morgan fingerprint density at radius 2 is 1.54 bits per heavy atom. The number of amides is 2. The topological polar surface area (TPSA) is 95.9 Å². The van der Waals surface area contributed by atoms with Gasteiger partial charge < -0.3 is 20.1 Å². The maximum Gasteiger partial charge on any atom is 0.407 e. The summed E-state index contributed by atoms with van der Waals surface area (Å²) >= 11 is 0. The van der Waals surface area contributed by atoms with E-state index in [9.17, 15) is 19.5 Å². The predicted octanol–water partition coefficient (Wildman–Crippen LogP) is 4.80. The van der Waals surface area contributed by atoms with Gasteiger partial charge in [-0.15, -0.1) is 0 Å². The number of alkyl carbamates (subject to hydrolysis) is 1. The van der Waals surface area contributed by atoms with Gasteiger partial charge in [-0.3, -0.25) is 4.79 Å². The maximum absolute atomic E-state index is 13.2. The second-order valence-corrected chi connectivity index (χ2v) is 9.84. The molecule has 0 heterocycles. The molecule has 0 spiro atoms. The maximum atomic E-state index is 13.2. The number of ether oxygens (including phenoxy) is 1. The molecule has 2 aromatic carbocycles. The fourth-order valence-electron chi connectivity index (χ4n) is 5.51. The largest absolute Gasteiger partial charge is 0.479 e. The molecule has 2 aromatic rings. The van der Waals surface area contributed by atoms with E-state index < -0.39 is 29.6 Å². The highest BCUT2D eigenvalue weighted by Gasteiger charge is 2.46. The highest BCUT2D eigenvalue weighted by atomic mass is 16.5. The van der Waals surface area contributed by atoms with Crippen molar-refractivity contribution in [2.24, 2.45) is 5.92 Å². The van der Waals surface area contributed by atoms with Gasteiger partial charge in [0.2, 0.25) is 5.91 Å². The van der Waals surface area contributed by atoms with Crippen molar-refractivity contribution in [2.45, 2.75) is 63.5 Å². The van der Waals surface area contributed by atoms with E-state index in [4.69, 9.17) is 4.74 Å². The summed E-state index contributed by atoms with van der Waals surface area (Å²) in [6.45, 7) is 3.65. The number of carboxylic acid groups (broad SMARTS) is 1. The molecule has 186 valence electrons. The fraction of sp³-hybridized carbons (Fsp3) is 0.464. The third-order valence-electron chi connectivity index (χ3n) is 7.88. The highest BCUT2D eigenvalue weighted by Crippen LogP contribution is 2.44. The Morgan fingerprint density at radius 3 is 2.09 bits per heavy atom. The second kappa shape index (κ2) is 10.1. The Hall–Kier alpha value is -3.35. The van der Waals surface area contributed by atoms with Crippen molar-refractivity contribution >= 4 is 18.0 Å². The third-order valence-corrected chi connectivity index (χ3v) is 7.88. The van der Waals surface area contributed by atoms with Gasteiger partial charge >= 0.3 is 12.1 Å². The van der Waals surface area contributed by atoms with Gasteiger partial charge in [-0.2, -0.15) is 0 Å². The number of hydrogen-bond acceptors (Lipinski definition) is 4. The number of nitrogens with one attached hydrogen (secondary N) is 1. The zero-order valence-corrected chi connectivity index (χ0v) is 20.6. The zero-order chi connectivity index (χ0) is 25.2. The van der Waals surface area contributed by atoms with E-state index in [-0.39, 0.29) is 18.4 Å². The van der Waals surface area contributed by atoms with Crippen LogP contribution in [0.25, 0.3) is 11.1 Å². The van der Waals surface area contributed by atoms with Gasteiger partial charge in [-0.1, -0.05) is 74.7 Å². The average molecular weight is 479 g/mol. The number of carboxylic acids is 1. The fourth-order valence-corrected chi connectivity index (χ4v) is 5.51. The molecule has 0 aliphatic heterocycles. The second-order valence-electron chi connectivity index (χ2n) is 9.84. The van der Waals surface area contributed by atoms with Crippen molar-refractivity contribution in [3.63, 3.8) is 0 Å². The van der Waals surface area contributed by atoms with Crippen molar-refractivity contribution in [3.05, 3.63) is 59.7 Å². The number of benzene rings is 2. The van der Waals surface area contributed by atoms with Gasteiger partial charge in [0.1, 0.15) is 12.1 Å². The number of hydrogen-bond donors (Lipinski definition) is 2. The monoisotopic (exact) mass is 478 g/mol. The molecule has 7 nitrogen and oxygen atoms in total. The molecule has 0 radical (unpaired) electrons. The van der Waals surface area contributed by atoms with Crippen molar-refractivity contribution in [3.8, 4) is 11.1 Å². The van der Waals surface area contributed by atoms with Crippen molar-refractivity contribution in [1.29, 1.82) is 0 Å². The molecule has 35 heavy (non-hydrogen) atoms. The van der Waals surface area contributed by atoms with Crippen LogP contribution in [-0.2, 0) is 14.3 Å². The Kier molecular flexibility index (Phi) is 7.15. The lowest BCUT2D eigenvalue weighted by Gasteiger charge is -2.42. The van der Waals surface area contributed by atoms with E-state index in [0.717, 1.165) is 41.5 Å². The Morgan fingerprint density at radius 1 is 1.00 bits per heavy atom. The first-order chi connectivity index (χ1) is 16.8. The Balaban J connectivity index is 1.37. The first-order valence-electron chi connectivity index (χ1n) is 12.4. The lowest BCUT2D eigenvalue weighted by atomic mass is 9.79. The van der Waals surface area contributed by atoms with Crippen LogP contribution < -0.4 is 5.32 Å². The Labute approximate surface area is 206 Å². The first kappa shape index (κ1) is 24.8. The van der Waals surface area contributed by atoms with E-state index in [1.54, 1.807) is 20.9 Å². The van der Waals surface area contributed by atoms with Crippen LogP contribution >= 0.6 is 0 Å². The standard InChI is InChI=1S/C28H34N2O5/c1-18(25(31)30(3)28(26(32)33)15-9-4-10-16-28)19(2)29-27(34)35-17-24-22-13-7-5-11-20(22)21-12-6-8-14-23(21)24/h5-8,11-14,18-19,24H,4,9-10,15-17H2,1-3H3,(H,29,34)(H,32,33). The third kappa shape index (κ3) is 4.64. The number of rotatable bonds is 7. The van der Waals surface area contributed by atoms with Gasteiger partial charge in [0.15, 0.2) is 0 Å². The SMILES string of the molecule is CC(NC(=O)OCC1c2ccccc2-c2ccccc21)C(C)C(=O)N(C)C1(C(=O)O)CCCCC1. The minimum Gasteiger partial charge on any atom is -0.479 e. The van der Waals surface area contributed by atoms with Crippen LogP contribution in [0.15, 0.2) is 48.5 Å². The summed E-state index contributed by atoms with van der Waals surface area (Å²) in [6.07, 6.45) is 2.85.